The molecule has 0 aromatic heterocycles. The molecule has 0 saturated carbocycles. The highest BCUT2D eigenvalue weighted by Crippen LogP contribution is 2.16. The number of nitriles is 1. The molecule has 0 unspecified atom stereocenters. The highest BCUT2D eigenvalue weighted by molar-refractivity contribution is 9.10. The second kappa shape index (κ2) is 2.80. The van der Waals surface area contributed by atoms with E-state index >= 15 is 0 Å². The molecule has 0 atom stereocenters. The molecule has 0 spiro atoms. The van der Waals surface area contributed by atoms with Crippen molar-refractivity contribution in [3.05, 3.63) is 34.1 Å². The second-order valence-electron chi connectivity index (χ2n) is 1.63. The van der Waals surface area contributed by atoms with Gasteiger partial charge in [-0.25, -0.2) is 4.39 Å². The van der Waals surface area contributed by atoms with E-state index in [-0.39, 0.29) is 5.56 Å². The van der Waals surface area contributed by atoms with Crippen LogP contribution in [-0.2, 0) is 0 Å². The van der Waals surface area contributed by atoms with Crippen LogP contribution in [0.1, 0.15) is 5.56 Å². The van der Waals surface area contributed by atoms with E-state index in [2.05, 4.69) is 22.0 Å². The van der Waals surface area contributed by atoms with E-state index in [1.54, 1.807) is 6.07 Å². The van der Waals surface area contributed by atoms with E-state index in [9.17, 15) is 4.39 Å². The number of benzene rings is 1. The Morgan fingerprint density at radius 3 is 2.90 bits per heavy atom. The Kier molecular flexibility index (Phi) is 2.03. The van der Waals surface area contributed by atoms with E-state index in [0.29, 0.717) is 4.47 Å². The first kappa shape index (κ1) is 7.23. The molecule has 0 bridgehead atoms. The zero-order valence-electron chi connectivity index (χ0n) is 4.86. The third kappa shape index (κ3) is 1.17. The first-order valence-electron chi connectivity index (χ1n) is 2.51. The molecule has 1 nitrogen and oxygen atoms in total. The molecule has 49 valence electrons. The van der Waals surface area contributed by atoms with Gasteiger partial charge in [0.25, 0.3) is 0 Å². The molecule has 1 aromatic rings. The van der Waals surface area contributed by atoms with Crippen LogP contribution >= 0.6 is 15.9 Å². The number of hydrogen-bond acceptors (Lipinski definition) is 1. The van der Waals surface area contributed by atoms with E-state index < -0.39 is 5.82 Å². The highest BCUT2D eigenvalue weighted by atomic mass is 79.9. The summed E-state index contributed by atoms with van der Waals surface area (Å²) in [5.74, 6) is -0.551. The smallest absolute Gasteiger partial charge is 0.155 e. The molecule has 0 saturated heterocycles. The lowest BCUT2D eigenvalue weighted by atomic mass is 10.2. The van der Waals surface area contributed by atoms with Crippen LogP contribution in [0, 0.1) is 23.2 Å². The molecule has 0 heterocycles. The number of halogens is 2. The SMILES string of the molecule is N#Cc1[c]ccc(Br)c1F. The van der Waals surface area contributed by atoms with E-state index in [1.807, 2.05) is 0 Å². The van der Waals surface area contributed by atoms with E-state index in [4.69, 9.17) is 5.26 Å². The Labute approximate surface area is 66.2 Å². The highest BCUT2D eigenvalue weighted by Gasteiger charge is 2.03. The van der Waals surface area contributed by atoms with Gasteiger partial charge in [-0.15, -0.1) is 0 Å². The summed E-state index contributed by atoms with van der Waals surface area (Å²) < 4.78 is 13.0. The van der Waals surface area contributed by atoms with Crippen molar-refractivity contribution in [3.8, 4) is 6.07 Å². The minimum atomic E-state index is -0.551. The molecule has 3 heteroatoms. The van der Waals surface area contributed by atoms with Crippen LogP contribution in [0.4, 0.5) is 4.39 Å². The summed E-state index contributed by atoms with van der Waals surface area (Å²) in [7, 11) is 0. The Hall–Kier alpha value is -0.880. The normalized spacial score (nSPS) is 8.90. The van der Waals surface area contributed by atoms with Crippen molar-refractivity contribution in [2.24, 2.45) is 0 Å². The summed E-state index contributed by atoms with van der Waals surface area (Å²) >= 11 is 2.94. The lowest BCUT2D eigenvalue weighted by Gasteiger charge is -1.92. The first-order valence-corrected chi connectivity index (χ1v) is 3.31. The zero-order chi connectivity index (χ0) is 7.56. The van der Waals surface area contributed by atoms with Crippen molar-refractivity contribution < 1.29 is 4.39 Å². The van der Waals surface area contributed by atoms with Crippen LogP contribution in [-0.4, -0.2) is 0 Å². The van der Waals surface area contributed by atoms with Gasteiger partial charge in [0.05, 0.1) is 10.0 Å². The first-order chi connectivity index (χ1) is 4.75. The standard InChI is InChI=1S/C7H2BrFN/c8-6-3-1-2-5(4-10)7(6)9/h1,3H. The Morgan fingerprint density at radius 1 is 1.70 bits per heavy atom. The summed E-state index contributed by atoms with van der Waals surface area (Å²) in [4.78, 5) is 0. The maximum Gasteiger partial charge on any atom is 0.155 e. The summed E-state index contributed by atoms with van der Waals surface area (Å²) in [6, 6.07) is 7.12. The summed E-state index contributed by atoms with van der Waals surface area (Å²) in [5.41, 5.74) is -0.0608. The molecule has 0 amide bonds. The average molecular weight is 199 g/mol. The summed E-state index contributed by atoms with van der Waals surface area (Å²) in [6.45, 7) is 0. The van der Waals surface area contributed by atoms with Gasteiger partial charge in [-0.2, -0.15) is 5.26 Å². The lowest BCUT2D eigenvalue weighted by molar-refractivity contribution is 0.617. The van der Waals surface area contributed by atoms with Crippen LogP contribution < -0.4 is 0 Å². The quantitative estimate of drug-likeness (QED) is 0.628. The van der Waals surface area contributed by atoms with Crippen LogP contribution in [0.3, 0.4) is 0 Å². The van der Waals surface area contributed by atoms with Crippen molar-refractivity contribution in [1.82, 2.24) is 0 Å². The predicted octanol–water partition coefficient (Wildman–Crippen LogP) is 2.26. The van der Waals surface area contributed by atoms with Gasteiger partial charge in [0.2, 0.25) is 0 Å². The van der Waals surface area contributed by atoms with Crippen LogP contribution in [0.2, 0.25) is 0 Å². The van der Waals surface area contributed by atoms with E-state index in [1.165, 1.54) is 12.1 Å². The molecular formula is C7H2BrFN. The van der Waals surface area contributed by atoms with Crippen LogP contribution in [0.25, 0.3) is 0 Å². The van der Waals surface area contributed by atoms with Crippen molar-refractivity contribution in [3.63, 3.8) is 0 Å². The maximum atomic E-state index is 12.7. The molecule has 1 rings (SSSR count). The summed E-state index contributed by atoms with van der Waals surface area (Å²) in [5, 5.41) is 8.30. The van der Waals surface area contributed by atoms with Gasteiger partial charge in [-0.1, -0.05) is 6.07 Å². The van der Waals surface area contributed by atoms with Crippen LogP contribution in [0.5, 0.6) is 0 Å². The Bertz CT molecular complexity index is 290. The summed E-state index contributed by atoms with van der Waals surface area (Å²) in [6.07, 6.45) is 0. The van der Waals surface area contributed by atoms with E-state index in [0.717, 1.165) is 0 Å². The third-order valence-electron chi connectivity index (χ3n) is 0.998. The molecule has 0 aliphatic rings. The minimum absolute atomic E-state index is 0.0608. The van der Waals surface area contributed by atoms with Gasteiger partial charge in [0.1, 0.15) is 6.07 Å². The van der Waals surface area contributed by atoms with Gasteiger partial charge >= 0.3 is 0 Å². The van der Waals surface area contributed by atoms with Crippen molar-refractivity contribution in [2.45, 2.75) is 0 Å². The van der Waals surface area contributed by atoms with Gasteiger partial charge in [0.15, 0.2) is 5.82 Å². The molecule has 10 heavy (non-hydrogen) atoms. The molecule has 1 aromatic carbocycles. The van der Waals surface area contributed by atoms with Crippen LogP contribution in [0.15, 0.2) is 16.6 Å². The monoisotopic (exact) mass is 198 g/mol. The van der Waals surface area contributed by atoms with Crippen molar-refractivity contribution in [2.75, 3.05) is 0 Å². The molecule has 0 aliphatic carbocycles. The second-order valence-corrected chi connectivity index (χ2v) is 2.48. The molecule has 0 fully saturated rings. The van der Waals surface area contributed by atoms with Crippen molar-refractivity contribution in [1.29, 1.82) is 5.26 Å². The Morgan fingerprint density at radius 2 is 2.40 bits per heavy atom. The maximum absolute atomic E-state index is 12.7. The number of hydrogen-bond donors (Lipinski definition) is 0. The fourth-order valence-corrected chi connectivity index (χ4v) is 0.866. The lowest BCUT2D eigenvalue weighted by Crippen LogP contribution is -1.83. The Balaban J connectivity index is 3.31. The average Bonchev–Trinajstić information content (AvgIpc) is 1.95. The zero-order valence-corrected chi connectivity index (χ0v) is 6.44. The van der Waals surface area contributed by atoms with Gasteiger partial charge in [-0.3, -0.25) is 0 Å². The molecule has 0 N–H and O–H groups in total. The number of rotatable bonds is 0. The predicted molar refractivity (Wildman–Crippen MR) is 37.7 cm³/mol. The topological polar surface area (TPSA) is 23.8 Å². The van der Waals surface area contributed by atoms with Gasteiger partial charge < -0.3 is 0 Å². The third-order valence-corrected chi connectivity index (χ3v) is 1.61. The fourth-order valence-electron chi connectivity index (χ4n) is 0.535. The largest absolute Gasteiger partial charge is 0.204 e. The van der Waals surface area contributed by atoms with Gasteiger partial charge in [-0.05, 0) is 22.0 Å². The molecule has 1 radical (unpaired) electrons. The number of nitrogens with zero attached hydrogens (tertiary/aromatic N) is 1. The fraction of sp³-hybridized carbons (Fsp3) is 0. The molecular weight excluding hydrogens is 197 g/mol. The van der Waals surface area contributed by atoms with Gasteiger partial charge in [0, 0.05) is 6.07 Å². The minimum Gasteiger partial charge on any atom is -0.204 e. The molecule has 0 aliphatic heterocycles. The van der Waals surface area contributed by atoms with Crippen molar-refractivity contribution >= 4 is 15.9 Å².